The Labute approximate surface area is 75.2 Å². The van der Waals surface area contributed by atoms with E-state index in [0.717, 1.165) is 24.2 Å². The van der Waals surface area contributed by atoms with Gasteiger partial charge < -0.3 is 5.11 Å². The summed E-state index contributed by atoms with van der Waals surface area (Å²) in [6, 6.07) is 0. The maximum Gasteiger partial charge on any atom is 0.0433 e. The third-order valence-corrected chi connectivity index (χ3v) is 4.45. The number of aliphatic hydroxyl groups excluding tert-OH is 1. The van der Waals surface area contributed by atoms with Crippen LogP contribution in [0.25, 0.3) is 0 Å². The van der Waals surface area contributed by atoms with Gasteiger partial charge in [0.2, 0.25) is 0 Å². The lowest BCUT2D eigenvalue weighted by Gasteiger charge is -2.59. The molecule has 0 saturated heterocycles. The summed E-state index contributed by atoms with van der Waals surface area (Å²) in [4.78, 5) is 0. The Bertz CT molecular complexity index is 160. The van der Waals surface area contributed by atoms with E-state index in [9.17, 15) is 0 Å². The molecule has 0 aromatic heterocycles. The smallest absolute Gasteiger partial charge is 0.0433 e. The first-order chi connectivity index (χ1) is 5.64. The van der Waals surface area contributed by atoms with Crippen molar-refractivity contribution in [2.24, 2.45) is 23.2 Å². The highest BCUT2D eigenvalue weighted by atomic mass is 16.3. The average molecular weight is 168 g/mol. The molecule has 2 unspecified atom stereocenters. The van der Waals surface area contributed by atoms with Gasteiger partial charge >= 0.3 is 0 Å². The van der Waals surface area contributed by atoms with Crippen molar-refractivity contribution in [3.05, 3.63) is 0 Å². The molecule has 70 valence electrons. The Morgan fingerprint density at radius 1 is 1.17 bits per heavy atom. The zero-order valence-corrected chi connectivity index (χ0v) is 8.21. The van der Waals surface area contributed by atoms with Crippen LogP contribution in [-0.2, 0) is 0 Å². The number of rotatable bonds is 2. The summed E-state index contributed by atoms with van der Waals surface area (Å²) in [6.07, 6.45) is 5.27. The molecule has 0 aromatic carbocycles. The maximum atomic E-state index is 8.85. The zero-order valence-electron chi connectivity index (χ0n) is 8.21. The molecule has 2 atom stereocenters. The van der Waals surface area contributed by atoms with Crippen LogP contribution in [0.1, 0.15) is 39.5 Å². The molecular weight excluding hydrogens is 148 g/mol. The average Bonchev–Trinajstić information content (AvgIpc) is 2.05. The van der Waals surface area contributed by atoms with Crippen LogP contribution in [0.4, 0.5) is 0 Å². The third-order valence-electron chi connectivity index (χ3n) is 4.45. The molecule has 1 nitrogen and oxygen atoms in total. The number of hydrogen-bond donors (Lipinski definition) is 1. The van der Waals surface area contributed by atoms with E-state index in [4.69, 9.17) is 5.11 Å². The molecule has 0 aliphatic heterocycles. The Hall–Kier alpha value is -0.0400. The van der Waals surface area contributed by atoms with Gasteiger partial charge in [0.25, 0.3) is 0 Å². The summed E-state index contributed by atoms with van der Waals surface area (Å²) in [6.45, 7) is 5.23. The van der Waals surface area contributed by atoms with Crippen LogP contribution in [0.5, 0.6) is 0 Å². The van der Waals surface area contributed by atoms with Gasteiger partial charge in [0.05, 0.1) is 0 Å². The summed E-state index contributed by atoms with van der Waals surface area (Å²) in [5, 5.41) is 8.85. The second-order valence-corrected chi connectivity index (χ2v) is 5.30. The molecular formula is C11H20O. The topological polar surface area (TPSA) is 20.2 Å². The maximum absolute atomic E-state index is 8.85. The van der Waals surface area contributed by atoms with Crippen LogP contribution in [0.2, 0.25) is 0 Å². The minimum absolute atomic E-state index is 0.393. The molecule has 0 aromatic rings. The van der Waals surface area contributed by atoms with Crippen molar-refractivity contribution in [2.45, 2.75) is 39.5 Å². The van der Waals surface area contributed by atoms with Crippen molar-refractivity contribution in [1.29, 1.82) is 0 Å². The van der Waals surface area contributed by atoms with Gasteiger partial charge in [-0.15, -0.1) is 0 Å². The van der Waals surface area contributed by atoms with Crippen molar-refractivity contribution in [2.75, 3.05) is 6.61 Å². The number of fused-ring (bicyclic) bond motifs is 2. The predicted octanol–water partition coefficient (Wildman–Crippen LogP) is 2.44. The van der Waals surface area contributed by atoms with Crippen molar-refractivity contribution >= 4 is 0 Å². The monoisotopic (exact) mass is 168 g/mol. The summed E-state index contributed by atoms with van der Waals surface area (Å²) in [5.74, 6) is 2.77. The van der Waals surface area contributed by atoms with Gasteiger partial charge in [-0.3, -0.25) is 0 Å². The summed E-state index contributed by atoms with van der Waals surface area (Å²) in [5.41, 5.74) is 0.631. The van der Waals surface area contributed by atoms with Crippen molar-refractivity contribution in [3.8, 4) is 0 Å². The minimum Gasteiger partial charge on any atom is -0.396 e. The van der Waals surface area contributed by atoms with E-state index in [0.29, 0.717) is 12.0 Å². The van der Waals surface area contributed by atoms with E-state index in [1.807, 2.05) is 0 Å². The Morgan fingerprint density at radius 2 is 1.75 bits per heavy atom. The second-order valence-electron chi connectivity index (χ2n) is 5.30. The highest BCUT2D eigenvalue weighted by molar-refractivity contribution is 5.01. The minimum atomic E-state index is 0.393. The molecule has 1 N–H and O–H groups in total. The van der Waals surface area contributed by atoms with E-state index >= 15 is 0 Å². The van der Waals surface area contributed by atoms with E-state index < -0.39 is 0 Å². The Balaban J connectivity index is 1.92. The van der Waals surface area contributed by atoms with Crippen LogP contribution < -0.4 is 0 Å². The molecule has 3 aliphatic carbocycles. The molecule has 0 radical (unpaired) electrons. The van der Waals surface area contributed by atoms with E-state index in [-0.39, 0.29) is 0 Å². The molecule has 3 fully saturated rings. The molecule has 3 aliphatic rings. The predicted molar refractivity (Wildman–Crippen MR) is 49.8 cm³/mol. The molecule has 0 spiro atoms. The molecule has 3 rings (SSSR count). The molecule has 2 bridgehead atoms. The molecule has 12 heavy (non-hydrogen) atoms. The van der Waals surface area contributed by atoms with Gasteiger partial charge in [-0.1, -0.05) is 13.8 Å². The standard InChI is InChI=1S/C11H20O/c1-11(2)9-5-8(3-4-12)6-10(11)7-9/h8-10,12H,3-7H2,1-2H3. The summed E-state index contributed by atoms with van der Waals surface area (Å²) < 4.78 is 0. The van der Waals surface area contributed by atoms with Crippen LogP contribution in [0.3, 0.4) is 0 Å². The lowest BCUT2D eigenvalue weighted by Crippen LogP contribution is -2.50. The Kier molecular flexibility index (Phi) is 1.95. The van der Waals surface area contributed by atoms with Crippen LogP contribution in [0.15, 0.2) is 0 Å². The third kappa shape index (κ3) is 1.10. The number of aliphatic hydroxyl groups is 1. The Morgan fingerprint density at radius 3 is 2.17 bits per heavy atom. The number of hydrogen-bond acceptors (Lipinski definition) is 1. The summed E-state index contributed by atoms with van der Waals surface area (Å²) in [7, 11) is 0. The van der Waals surface area contributed by atoms with Crippen LogP contribution in [0, 0.1) is 23.2 Å². The molecule has 1 heteroatoms. The van der Waals surface area contributed by atoms with Crippen molar-refractivity contribution in [1.82, 2.24) is 0 Å². The van der Waals surface area contributed by atoms with Gasteiger partial charge in [0, 0.05) is 6.61 Å². The first kappa shape index (κ1) is 8.55. The SMILES string of the molecule is CC1(C)C2CC(CCO)CC1C2. The van der Waals surface area contributed by atoms with E-state index in [1.54, 1.807) is 0 Å². The fourth-order valence-electron chi connectivity index (χ4n) is 3.24. The fraction of sp³-hybridized carbons (Fsp3) is 1.00. The largest absolute Gasteiger partial charge is 0.396 e. The molecule has 0 amide bonds. The van der Waals surface area contributed by atoms with Gasteiger partial charge in [0.15, 0.2) is 0 Å². The van der Waals surface area contributed by atoms with Gasteiger partial charge in [-0.25, -0.2) is 0 Å². The lowest BCUT2D eigenvalue weighted by atomic mass is 9.46. The van der Waals surface area contributed by atoms with Gasteiger partial charge in [-0.05, 0) is 48.9 Å². The van der Waals surface area contributed by atoms with Crippen LogP contribution in [-0.4, -0.2) is 11.7 Å². The normalized spacial score (nSPS) is 43.8. The van der Waals surface area contributed by atoms with E-state index in [1.165, 1.54) is 19.3 Å². The van der Waals surface area contributed by atoms with Gasteiger partial charge in [0.1, 0.15) is 0 Å². The first-order valence-electron chi connectivity index (χ1n) is 5.25. The quantitative estimate of drug-likeness (QED) is 0.671. The molecule has 0 heterocycles. The fourth-order valence-corrected chi connectivity index (χ4v) is 3.24. The zero-order chi connectivity index (χ0) is 8.77. The van der Waals surface area contributed by atoms with Crippen molar-refractivity contribution in [3.63, 3.8) is 0 Å². The van der Waals surface area contributed by atoms with Crippen molar-refractivity contribution < 1.29 is 5.11 Å². The second kappa shape index (κ2) is 2.73. The highest BCUT2D eigenvalue weighted by Crippen LogP contribution is 2.60. The summed E-state index contributed by atoms with van der Waals surface area (Å²) >= 11 is 0. The van der Waals surface area contributed by atoms with E-state index in [2.05, 4.69) is 13.8 Å². The molecule has 3 saturated carbocycles. The first-order valence-corrected chi connectivity index (χ1v) is 5.25. The highest BCUT2D eigenvalue weighted by Gasteiger charge is 2.52. The van der Waals surface area contributed by atoms with Crippen LogP contribution >= 0.6 is 0 Å². The van der Waals surface area contributed by atoms with Gasteiger partial charge in [-0.2, -0.15) is 0 Å². The lowest BCUT2D eigenvalue weighted by molar-refractivity contribution is -0.0929.